The molecule has 1 unspecified atom stereocenters. The second-order valence-electron chi connectivity index (χ2n) is 5.73. The molecule has 5 N–H and O–H groups in total. The lowest BCUT2D eigenvalue weighted by molar-refractivity contribution is 0.163. The Morgan fingerprint density at radius 1 is 1.25 bits per heavy atom. The summed E-state index contributed by atoms with van der Waals surface area (Å²) in [6.45, 7) is 3.92. The van der Waals surface area contributed by atoms with Crippen molar-refractivity contribution in [3.05, 3.63) is 16.7 Å². The number of H-pyrrole nitrogens is 1. The van der Waals surface area contributed by atoms with Gasteiger partial charge in [-0.15, -0.1) is 0 Å². The highest BCUT2D eigenvalue weighted by Gasteiger charge is 2.31. The van der Waals surface area contributed by atoms with Crippen LogP contribution in [-0.2, 0) is 0 Å². The van der Waals surface area contributed by atoms with Gasteiger partial charge in [0.2, 0.25) is 0 Å². The molecule has 2 saturated heterocycles. The molecule has 0 aliphatic carbocycles. The van der Waals surface area contributed by atoms with Crippen LogP contribution in [0.15, 0.2) is 11.1 Å². The van der Waals surface area contributed by atoms with Gasteiger partial charge in [-0.25, -0.2) is 4.98 Å². The van der Waals surface area contributed by atoms with Crippen LogP contribution in [0.1, 0.15) is 19.3 Å². The minimum Gasteiger partial charge on any atom is -0.391 e. The Balaban J connectivity index is 1.67. The number of nitrogens with one attached hydrogen (secondary N) is 1. The lowest BCUT2D eigenvalue weighted by atomic mass is 10.0. The van der Waals surface area contributed by atoms with E-state index >= 15 is 0 Å². The number of hydrogen-bond donors (Lipinski definition) is 3. The summed E-state index contributed by atoms with van der Waals surface area (Å²) in [6, 6.07) is 0.872. The van der Waals surface area contributed by atoms with E-state index in [1.807, 2.05) is 0 Å². The van der Waals surface area contributed by atoms with E-state index in [2.05, 4.69) is 19.8 Å². The quantitative estimate of drug-likeness (QED) is 0.664. The fourth-order valence-corrected chi connectivity index (χ4v) is 3.17. The van der Waals surface area contributed by atoms with Crippen LogP contribution in [0.25, 0.3) is 0 Å². The van der Waals surface area contributed by atoms with Gasteiger partial charge in [-0.3, -0.25) is 9.69 Å². The smallest absolute Gasteiger partial charge is 0.276 e. The van der Waals surface area contributed by atoms with E-state index in [4.69, 9.17) is 11.5 Å². The Hall–Kier alpha value is -1.60. The average Bonchev–Trinajstić information content (AvgIpc) is 2.92. The zero-order valence-corrected chi connectivity index (χ0v) is 11.6. The second kappa shape index (κ2) is 5.41. The summed E-state index contributed by atoms with van der Waals surface area (Å²) in [7, 11) is 0. The maximum Gasteiger partial charge on any atom is 0.276 e. The van der Waals surface area contributed by atoms with Crippen molar-refractivity contribution >= 4 is 11.5 Å². The molecule has 1 aromatic rings. The molecule has 1 atom stereocenters. The van der Waals surface area contributed by atoms with Crippen LogP contribution in [0.2, 0.25) is 0 Å². The van der Waals surface area contributed by atoms with Crippen LogP contribution in [-0.4, -0.2) is 53.1 Å². The number of anilines is 2. The monoisotopic (exact) mass is 278 g/mol. The number of nitrogens with two attached hydrogens (primary N) is 2. The van der Waals surface area contributed by atoms with E-state index in [9.17, 15) is 4.79 Å². The van der Waals surface area contributed by atoms with Gasteiger partial charge in [0.15, 0.2) is 5.82 Å². The Morgan fingerprint density at radius 2 is 2.00 bits per heavy atom. The van der Waals surface area contributed by atoms with Gasteiger partial charge in [0.1, 0.15) is 5.69 Å². The lowest BCUT2D eigenvalue weighted by Crippen LogP contribution is -2.46. The number of aromatic amines is 1. The molecular formula is C13H22N6O. The Morgan fingerprint density at radius 3 is 2.75 bits per heavy atom. The molecule has 3 heterocycles. The molecule has 7 nitrogen and oxygen atoms in total. The first-order valence-electron chi connectivity index (χ1n) is 7.23. The summed E-state index contributed by atoms with van der Waals surface area (Å²) in [5, 5.41) is 0. The van der Waals surface area contributed by atoms with Gasteiger partial charge < -0.3 is 21.4 Å². The van der Waals surface area contributed by atoms with Crippen molar-refractivity contribution in [3.8, 4) is 0 Å². The van der Waals surface area contributed by atoms with Crippen molar-refractivity contribution in [2.75, 3.05) is 36.8 Å². The van der Waals surface area contributed by atoms with E-state index in [1.165, 1.54) is 6.33 Å². The van der Waals surface area contributed by atoms with E-state index in [-0.39, 0.29) is 11.2 Å². The van der Waals surface area contributed by atoms with Gasteiger partial charge in [0.05, 0.1) is 6.33 Å². The molecule has 2 fully saturated rings. The van der Waals surface area contributed by atoms with Crippen molar-refractivity contribution in [2.45, 2.75) is 31.3 Å². The molecule has 0 amide bonds. The van der Waals surface area contributed by atoms with Crippen molar-refractivity contribution in [1.29, 1.82) is 0 Å². The largest absolute Gasteiger partial charge is 0.391 e. The standard InChI is InChI=1S/C13H22N6O/c14-9-1-4-18(5-2-9)10-3-6-19(7-10)12-11(15)13(20)17-8-16-12/h8-10H,1-7,14-15H2,(H,16,17,20). The van der Waals surface area contributed by atoms with Crippen molar-refractivity contribution in [2.24, 2.45) is 5.73 Å². The summed E-state index contributed by atoms with van der Waals surface area (Å²) < 4.78 is 0. The van der Waals surface area contributed by atoms with Gasteiger partial charge in [-0.1, -0.05) is 0 Å². The molecule has 0 spiro atoms. The predicted octanol–water partition coefficient (Wildman–Crippen LogP) is -0.646. The van der Waals surface area contributed by atoms with Crippen molar-refractivity contribution < 1.29 is 0 Å². The molecule has 0 radical (unpaired) electrons. The molecule has 20 heavy (non-hydrogen) atoms. The first-order chi connectivity index (χ1) is 9.65. The highest BCUT2D eigenvalue weighted by molar-refractivity contribution is 5.61. The fourth-order valence-electron chi connectivity index (χ4n) is 3.17. The van der Waals surface area contributed by atoms with Gasteiger partial charge in [0, 0.05) is 25.2 Å². The highest BCUT2D eigenvalue weighted by Crippen LogP contribution is 2.25. The van der Waals surface area contributed by atoms with Gasteiger partial charge in [-0.2, -0.15) is 0 Å². The predicted molar refractivity (Wildman–Crippen MR) is 78.7 cm³/mol. The molecule has 110 valence electrons. The van der Waals surface area contributed by atoms with Crippen LogP contribution in [0, 0.1) is 0 Å². The number of piperidine rings is 1. The Kier molecular flexibility index (Phi) is 3.62. The van der Waals surface area contributed by atoms with E-state index in [0.717, 1.165) is 45.4 Å². The number of hydrogen-bond acceptors (Lipinski definition) is 6. The van der Waals surface area contributed by atoms with Crippen LogP contribution < -0.4 is 21.9 Å². The van der Waals surface area contributed by atoms with Crippen LogP contribution >= 0.6 is 0 Å². The molecular weight excluding hydrogens is 256 g/mol. The first-order valence-corrected chi connectivity index (χ1v) is 7.23. The molecule has 2 aliphatic heterocycles. The maximum atomic E-state index is 11.5. The van der Waals surface area contributed by atoms with Gasteiger partial charge in [-0.05, 0) is 32.4 Å². The first kappa shape index (κ1) is 13.4. The summed E-state index contributed by atoms with van der Waals surface area (Å²) >= 11 is 0. The summed E-state index contributed by atoms with van der Waals surface area (Å²) in [4.78, 5) is 22.9. The fraction of sp³-hybridized carbons (Fsp3) is 0.692. The number of likely N-dealkylation sites (tertiary alicyclic amines) is 1. The Labute approximate surface area is 118 Å². The second-order valence-corrected chi connectivity index (χ2v) is 5.73. The minimum atomic E-state index is -0.262. The molecule has 3 rings (SSSR count). The van der Waals surface area contributed by atoms with Crippen LogP contribution in [0.3, 0.4) is 0 Å². The Bertz CT molecular complexity index is 522. The van der Waals surface area contributed by atoms with Crippen LogP contribution in [0.5, 0.6) is 0 Å². The normalized spacial score (nSPS) is 25.2. The van der Waals surface area contributed by atoms with E-state index in [1.54, 1.807) is 0 Å². The summed E-state index contributed by atoms with van der Waals surface area (Å²) in [5.41, 5.74) is 11.7. The summed E-state index contributed by atoms with van der Waals surface area (Å²) in [5.74, 6) is 0.616. The topological polar surface area (TPSA) is 104 Å². The van der Waals surface area contributed by atoms with Gasteiger partial charge >= 0.3 is 0 Å². The van der Waals surface area contributed by atoms with Gasteiger partial charge in [0.25, 0.3) is 5.56 Å². The third-order valence-electron chi connectivity index (χ3n) is 4.42. The molecule has 0 bridgehead atoms. The number of rotatable bonds is 2. The SMILES string of the molecule is Nc1c(N2CCC(N3CCC(N)CC3)C2)nc[nH]c1=O. The summed E-state index contributed by atoms with van der Waals surface area (Å²) in [6.07, 6.45) is 4.65. The van der Waals surface area contributed by atoms with Crippen molar-refractivity contribution in [1.82, 2.24) is 14.9 Å². The molecule has 1 aromatic heterocycles. The minimum absolute atomic E-state index is 0.216. The molecule has 7 heteroatoms. The van der Waals surface area contributed by atoms with E-state index < -0.39 is 0 Å². The number of nitrogens with zero attached hydrogens (tertiary/aromatic N) is 3. The average molecular weight is 278 g/mol. The van der Waals surface area contributed by atoms with Crippen LogP contribution in [0.4, 0.5) is 11.5 Å². The maximum absolute atomic E-state index is 11.5. The van der Waals surface area contributed by atoms with E-state index in [0.29, 0.717) is 17.9 Å². The zero-order chi connectivity index (χ0) is 14.1. The lowest BCUT2D eigenvalue weighted by Gasteiger charge is -2.34. The molecule has 2 aliphatic rings. The third kappa shape index (κ3) is 2.51. The number of nitrogen functional groups attached to an aromatic ring is 1. The highest BCUT2D eigenvalue weighted by atomic mass is 16.1. The van der Waals surface area contributed by atoms with Crippen molar-refractivity contribution in [3.63, 3.8) is 0 Å². The molecule has 0 saturated carbocycles. The molecule has 0 aromatic carbocycles. The number of aromatic nitrogens is 2. The zero-order valence-electron chi connectivity index (χ0n) is 11.6. The third-order valence-corrected chi connectivity index (χ3v) is 4.42.